The van der Waals surface area contributed by atoms with Gasteiger partial charge in [0.25, 0.3) is 0 Å². The fourth-order valence-electron chi connectivity index (χ4n) is 2.33. The third-order valence-electron chi connectivity index (χ3n) is 3.46. The van der Waals surface area contributed by atoms with Crippen LogP contribution in [0.1, 0.15) is 17.4 Å². The molecule has 1 amide bonds. The van der Waals surface area contributed by atoms with Gasteiger partial charge in [0.1, 0.15) is 0 Å². The summed E-state index contributed by atoms with van der Waals surface area (Å²) in [5.74, 6) is 0. The third-order valence-corrected chi connectivity index (χ3v) is 4.84. The number of aryl methyl sites for hydroxylation is 1. The summed E-state index contributed by atoms with van der Waals surface area (Å²) in [6.45, 7) is 3.89. The molecule has 0 saturated carbocycles. The highest BCUT2D eigenvalue weighted by Gasteiger charge is 2.11. The summed E-state index contributed by atoms with van der Waals surface area (Å²) in [4.78, 5) is 17.8. The molecule has 0 fully saturated rings. The van der Waals surface area contributed by atoms with Gasteiger partial charge in [0, 0.05) is 10.4 Å². The lowest BCUT2D eigenvalue weighted by Crippen LogP contribution is -2.11. The van der Waals surface area contributed by atoms with Crippen LogP contribution in [0.2, 0.25) is 0 Å². The average molecular weight is 324 g/mol. The molecule has 0 spiro atoms. The van der Waals surface area contributed by atoms with Crippen LogP contribution in [0.15, 0.2) is 59.8 Å². The molecule has 0 aliphatic rings. The Bertz CT molecular complexity index is 869. The van der Waals surface area contributed by atoms with E-state index in [1.807, 2.05) is 37.3 Å². The highest BCUT2D eigenvalue weighted by atomic mass is 32.1. The van der Waals surface area contributed by atoms with E-state index in [4.69, 9.17) is 4.84 Å². The summed E-state index contributed by atoms with van der Waals surface area (Å²) >= 11 is 1.65. The Labute approximate surface area is 138 Å². The number of nitrogens with one attached hydrogen (secondary N) is 1. The van der Waals surface area contributed by atoms with Gasteiger partial charge in [-0.2, -0.15) is 0 Å². The number of oxime groups is 1. The molecule has 1 aromatic heterocycles. The fraction of sp³-hybridized carbons (Fsp3) is 0.111. The van der Waals surface area contributed by atoms with Crippen LogP contribution in [-0.2, 0) is 4.84 Å². The molecule has 3 rings (SSSR count). The van der Waals surface area contributed by atoms with E-state index in [0.717, 1.165) is 10.4 Å². The fourth-order valence-corrected chi connectivity index (χ4v) is 3.48. The second-order valence-electron chi connectivity index (χ2n) is 5.10. The van der Waals surface area contributed by atoms with Crippen molar-refractivity contribution >= 4 is 38.9 Å². The second kappa shape index (κ2) is 6.62. The number of fused-ring (bicyclic) bond motifs is 1. The van der Waals surface area contributed by atoms with Crippen molar-refractivity contribution < 1.29 is 9.63 Å². The van der Waals surface area contributed by atoms with Gasteiger partial charge in [0.15, 0.2) is 0 Å². The zero-order valence-electron chi connectivity index (χ0n) is 12.9. The van der Waals surface area contributed by atoms with Crippen molar-refractivity contribution in [2.75, 3.05) is 5.32 Å². The predicted octanol–water partition coefficient (Wildman–Crippen LogP) is 5.18. The largest absolute Gasteiger partial charge is 0.437 e. The summed E-state index contributed by atoms with van der Waals surface area (Å²) in [7, 11) is 0. The van der Waals surface area contributed by atoms with Crippen LogP contribution in [0.5, 0.6) is 0 Å². The average Bonchev–Trinajstić information content (AvgIpc) is 2.91. The number of hydrogen-bond donors (Lipinski definition) is 1. The van der Waals surface area contributed by atoms with E-state index < -0.39 is 6.09 Å². The number of nitrogens with zero attached hydrogens (tertiary/aromatic N) is 1. The summed E-state index contributed by atoms with van der Waals surface area (Å²) in [6, 6.07) is 17.3. The minimum absolute atomic E-state index is 0.602. The Morgan fingerprint density at radius 1 is 1.09 bits per heavy atom. The number of anilines is 1. The molecule has 0 unspecified atom stereocenters. The molecule has 0 aliphatic heterocycles. The number of rotatable bonds is 3. The first-order valence-corrected chi connectivity index (χ1v) is 8.03. The SMILES string of the molecule is C/C(=N/OC(=O)Nc1ccccc1)c1sc2ccccc2c1C. The number of benzene rings is 2. The monoisotopic (exact) mass is 324 g/mol. The topological polar surface area (TPSA) is 50.7 Å². The van der Waals surface area contributed by atoms with E-state index >= 15 is 0 Å². The van der Waals surface area contributed by atoms with Gasteiger partial charge >= 0.3 is 6.09 Å². The van der Waals surface area contributed by atoms with E-state index in [0.29, 0.717) is 11.4 Å². The molecule has 2 aromatic carbocycles. The Morgan fingerprint density at radius 2 is 1.78 bits per heavy atom. The highest BCUT2D eigenvalue weighted by Crippen LogP contribution is 2.31. The first-order chi connectivity index (χ1) is 11.1. The van der Waals surface area contributed by atoms with Gasteiger partial charge in [0.05, 0.1) is 10.6 Å². The minimum atomic E-state index is -0.602. The van der Waals surface area contributed by atoms with Crippen molar-refractivity contribution in [2.45, 2.75) is 13.8 Å². The summed E-state index contributed by atoms with van der Waals surface area (Å²) in [6.07, 6.45) is -0.602. The molecule has 4 nitrogen and oxygen atoms in total. The number of carbonyl (C=O) groups excluding carboxylic acids is 1. The Kier molecular flexibility index (Phi) is 4.39. The Hall–Kier alpha value is -2.66. The second-order valence-corrected chi connectivity index (χ2v) is 6.15. The lowest BCUT2D eigenvalue weighted by Gasteiger charge is -2.03. The van der Waals surface area contributed by atoms with E-state index in [2.05, 4.69) is 29.5 Å². The van der Waals surface area contributed by atoms with Gasteiger partial charge in [-0.1, -0.05) is 41.6 Å². The number of carbonyl (C=O) groups is 1. The van der Waals surface area contributed by atoms with Crippen LogP contribution in [-0.4, -0.2) is 11.8 Å². The van der Waals surface area contributed by atoms with Crippen LogP contribution in [0.4, 0.5) is 10.5 Å². The summed E-state index contributed by atoms with van der Waals surface area (Å²) in [5.41, 5.74) is 2.51. The maximum atomic E-state index is 11.8. The van der Waals surface area contributed by atoms with Crippen LogP contribution in [0, 0.1) is 6.92 Å². The summed E-state index contributed by atoms with van der Waals surface area (Å²) < 4.78 is 1.20. The Balaban J connectivity index is 1.74. The van der Waals surface area contributed by atoms with Gasteiger partial charge in [-0.3, -0.25) is 10.2 Å². The maximum absolute atomic E-state index is 11.8. The third kappa shape index (κ3) is 3.40. The quantitative estimate of drug-likeness (QED) is 0.410. The lowest BCUT2D eigenvalue weighted by atomic mass is 10.1. The smallest absolute Gasteiger partial charge is 0.297 e. The van der Waals surface area contributed by atoms with E-state index in [9.17, 15) is 4.79 Å². The highest BCUT2D eigenvalue weighted by molar-refractivity contribution is 7.21. The van der Waals surface area contributed by atoms with Crippen molar-refractivity contribution in [1.82, 2.24) is 0 Å². The van der Waals surface area contributed by atoms with Gasteiger partial charge in [0.2, 0.25) is 0 Å². The molecule has 1 N–H and O–H groups in total. The molecule has 1 heterocycles. The molecular weight excluding hydrogens is 308 g/mol. The van der Waals surface area contributed by atoms with Crippen molar-refractivity contribution in [2.24, 2.45) is 5.16 Å². The van der Waals surface area contributed by atoms with Crippen molar-refractivity contribution in [3.63, 3.8) is 0 Å². The molecule has 0 aliphatic carbocycles. The van der Waals surface area contributed by atoms with Gasteiger partial charge in [-0.25, -0.2) is 4.79 Å². The van der Waals surface area contributed by atoms with Crippen molar-refractivity contribution in [1.29, 1.82) is 0 Å². The molecule has 0 bridgehead atoms. The van der Waals surface area contributed by atoms with Crippen LogP contribution < -0.4 is 5.32 Å². The van der Waals surface area contributed by atoms with E-state index in [1.165, 1.54) is 10.1 Å². The minimum Gasteiger partial charge on any atom is -0.297 e. The number of para-hydroxylation sites is 1. The number of amides is 1. The van der Waals surface area contributed by atoms with Crippen LogP contribution in [0.25, 0.3) is 10.1 Å². The van der Waals surface area contributed by atoms with Crippen molar-refractivity contribution in [3.05, 3.63) is 65.0 Å². The van der Waals surface area contributed by atoms with Gasteiger partial charge in [-0.15, -0.1) is 11.3 Å². The van der Waals surface area contributed by atoms with E-state index in [-0.39, 0.29) is 0 Å². The van der Waals surface area contributed by atoms with E-state index in [1.54, 1.807) is 23.5 Å². The molecule has 23 heavy (non-hydrogen) atoms. The molecular formula is C18H16N2O2S. The number of thiophene rings is 1. The van der Waals surface area contributed by atoms with Gasteiger partial charge < -0.3 is 0 Å². The molecule has 0 atom stereocenters. The maximum Gasteiger partial charge on any atom is 0.437 e. The lowest BCUT2D eigenvalue weighted by molar-refractivity contribution is 0.166. The predicted molar refractivity (Wildman–Crippen MR) is 95.3 cm³/mol. The number of hydrogen-bond acceptors (Lipinski definition) is 4. The summed E-state index contributed by atoms with van der Waals surface area (Å²) in [5, 5.41) is 7.79. The zero-order chi connectivity index (χ0) is 16.2. The first kappa shape index (κ1) is 15.2. The normalized spacial score (nSPS) is 11.5. The molecule has 0 radical (unpaired) electrons. The zero-order valence-corrected chi connectivity index (χ0v) is 13.7. The molecule has 0 saturated heterocycles. The molecule has 116 valence electrons. The Morgan fingerprint density at radius 3 is 2.52 bits per heavy atom. The molecule has 5 heteroatoms. The first-order valence-electron chi connectivity index (χ1n) is 7.21. The standard InChI is InChI=1S/C18H16N2O2S/c1-12-15-10-6-7-11-16(15)23-17(12)13(2)20-22-18(21)19-14-8-4-3-5-9-14/h3-11H,1-2H3,(H,19,21)/b20-13-. The molecule has 3 aromatic rings. The van der Waals surface area contributed by atoms with Crippen molar-refractivity contribution in [3.8, 4) is 0 Å². The van der Waals surface area contributed by atoms with Crippen LogP contribution in [0.3, 0.4) is 0 Å². The van der Waals surface area contributed by atoms with Gasteiger partial charge in [-0.05, 0) is 43.0 Å². The van der Waals surface area contributed by atoms with Crippen LogP contribution >= 0.6 is 11.3 Å².